The van der Waals surface area contributed by atoms with Gasteiger partial charge in [0.05, 0.1) is 5.41 Å². The molecule has 1 unspecified atom stereocenters. The molecule has 1 nitrogen and oxygen atoms in total. The molecule has 0 aliphatic heterocycles. The average molecular weight is 311 g/mol. The summed E-state index contributed by atoms with van der Waals surface area (Å²) in [5, 5.41) is 0. The van der Waals surface area contributed by atoms with Gasteiger partial charge in [-0.25, -0.2) is 4.39 Å². The molecule has 1 saturated carbocycles. The van der Waals surface area contributed by atoms with E-state index in [1.165, 1.54) is 6.07 Å². The van der Waals surface area contributed by atoms with E-state index in [4.69, 9.17) is 0 Å². The van der Waals surface area contributed by atoms with Crippen LogP contribution in [0.25, 0.3) is 0 Å². The zero-order valence-corrected chi connectivity index (χ0v) is 12.0. The van der Waals surface area contributed by atoms with Gasteiger partial charge in [-0.2, -0.15) is 0 Å². The van der Waals surface area contributed by atoms with Gasteiger partial charge in [-0.3, -0.25) is 4.79 Å². The van der Waals surface area contributed by atoms with E-state index in [0.29, 0.717) is 6.42 Å². The molecular weight excluding hydrogens is 295 g/mol. The average Bonchev–Trinajstić information content (AvgIpc) is 2.69. The van der Waals surface area contributed by atoms with Gasteiger partial charge in [-0.05, 0) is 42.4 Å². The Balaban J connectivity index is 2.26. The smallest absolute Gasteiger partial charge is 0.144 e. The van der Waals surface area contributed by atoms with Gasteiger partial charge < -0.3 is 0 Å². The molecule has 96 valence electrons. The van der Waals surface area contributed by atoms with Crippen molar-refractivity contribution in [1.82, 2.24) is 0 Å². The number of hydrogen-bond donors (Lipinski definition) is 0. The third kappa shape index (κ3) is 1.46. The van der Waals surface area contributed by atoms with Crippen LogP contribution in [0.4, 0.5) is 4.39 Å². The number of Topliss-reactive ketones (excluding diaryl/α,β-unsaturated/α-hetero) is 1. The molecule has 0 heterocycles. The first-order chi connectivity index (χ1) is 8.57. The molecule has 1 spiro atoms. The Morgan fingerprint density at radius 2 is 2.22 bits per heavy atom. The minimum absolute atomic E-state index is 0.143. The maximum atomic E-state index is 14.1. The molecule has 0 N–H and O–H groups in total. The molecule has 3 rings (SSSR count). The van der Waals surface area contributed by atoms with Crippen LogP contribution in [0.15, 0.2) is 18.2 Å². The summed E-state index contributed by atoms with van der Waals surface area (Å²) in [5.41, 5.74) is 1.23. The van der Waals surface area contributed by atoms with Crippen molar-refractivity contribution < 1.29 is 9.18 Å². The minimum atomic E-state index is -0.468. The van der Waals surface area contributed by atoms with E-state index in [-0.39, 0.29) is 22.3 Å². The van der Waals surface area contributed by atoms with Crippen molar-refractivity contribution in [3.63, 3.8) is 0 Å². The van der Waals surface area contributed by atoms with Gasteiger partial charge in [0.25, 0.3) is 0 Å². The van der Waals surface area contributed by atoms with E-state index < -0.39 is 5.41 Å². The maximum Gasteiger partial charge on any atom is 0.144 e. The molecule has 0 amide bonds. The van der Waals surface area contributed by atoms with Crippen LogP contribution in [0.1, 0.15) is 49.7 Å². The zero-order chi connectivity index (χ0) is 12.9. The number of ketones is 1. The molecular formula is C15H16BrFO. The zero-order valence-electron chi connectivity index (χ0n) is 10.4. The lowest BCUT2D eigenvalue weighted by molar-refractivity contribution is -0.122. The van der Waals surface area contributed by atoms with Crippen LogP contribution in [0.3, 0.4) is 0 Å². The maximum absolute atomic E-state index is 14.1. The number of alkyl halides is 1. The van der Waals surface area contributed by atoms with Crippen LogP contribution in [-0.4, -0.2) is 10.6 Å². The number of rotatable bonds is 0. The highest BCUT2D eigenvalue weighted by atomic mass is 79.9. The Hall–Kier alpha value is -0.700. The third-order valence-corrected chi connectivity index (χ3v) is 5.75. The Labute approximate surface area is 115 Å². The predicted molar refractivity (Wildman–Crippen MR) is 72.7 cm³/mol. The minimum Gasteiger partial charge on any atom is -0.299 e. The van der Waals surface area contributed by atoms with Crippen molar-refractivity contribution in [2.24, 2.45) is 0 Å². The van der Waals surface area contributed by atoms with Gasteiger partial charge in [0.2, 0.25) is 0 Å². The van der Waals surface area contributed by atoms with Gasteiger partial charge in [-0.1, -0.05) is 35.0 Å². The van der Waals surface area contributed by atoms with Crippen molar-refractivity contribution in [2.45, 2.75) is 48.8 Å². The Bertz CT molecular complexity index is 513. The van der Waals surface area contributed by atoms with Gasteiger partial charge in [-0.15, -0.1) is 0 Å². The summed E-state index contributed by atoms with van der Waals surface area (Å²) in [6.45, 7) is 2.04. The fourth-order valence-corrected chi connectivity index (χ4v) is 5.02. The van der Waals surface area contributed by atoms with Gasteiger partial charge in [0, 0.05) is 11.2 Å². The van der Waals surface area contributed by atoms with E-state index in [9.17, 15) is 9.18 Å². The normalized spacial score (nSPS) is 34.9. The van der Waals surface area contributed by atoms with Crippen molar-refractivity contribution in [2.75, 3.05) is 0 Å². The molecule has 18 heavy (non-hydrogen) atoms. The van der Waals surface area contributed by atoms with Crippen LogP contribution in [-0.2, 0) is 10.2 Å². The van der Waals surface area contributed by atoms with Gasteiger partial charge in [0.15, 0.2) is 0 Å². The molecule has 0 saturated heterocycles. The first-order valence-electron chi connectivity index (χ1n) is 6.53. The lowest BCUT2D eigenvalue weighted by Gasteiger charge is -2.41. The first kappa shape index (κ1) is 12.3. The van der Waals surface area contributed by atoms with Crippen molar-refractivity contribution in [1.29, 1.82) is 0 Å². The number of carbonyl (C=O) groups excluding carboxylic acids is 1. The summed E-state index contributed by atoms with van der Waals surface area (Å²) < 4.78 is 14.1. The van der Waals surface area contributed by atoms with E-state index >= 15 is 0 Å². The third-order valence-electron chi connectivity index (χ3n) is 4.59. The van der Waals surface area contributed by atoms with Gasteiger partial charge in [0.1, 0.15) is 11.6 Å². The molecule has 0 bridgehead atoms. The number of benzene rings is 1. The second-order valence-corrected chi connectivity index (χ2v) is 6.66. The van der Waals surface area contributed by atoms with E-state index in [0.717, 1.165) is 30.4 Å². The quantitative estimate of drug-likeness (QED) is 0.660. The summed E-state index contributed by atoms with van der Waals surface area (Å²) in [6.07, 6.45) is 3.24. The second kappa shape index (κ2) is 4.16. The Kier molecular flexibility index (Phi) is 2.85. The van der Waals surface area contributed by atoms with E-state index in [1.807, 2.05) is 13.0 Å². The molecule has 0 radical (unpaired) electrons. The van der Waals surface area contributed by atoms with Crippen LogP contribution >= 0.6 is 15.9 Å². The van der Waals surface area contributed by atoms with Gasteiger partial charge >= 0.3 is 0 Å². The first-order valence-corrected chi connectivity index (χ1v) is 7.45. The lowest BCUT2D eigenvalue weighted by atomic mass is 9.65. The predicted octanol–water partition coefficient (Wildman–Crippen LogP) is 4.09. The summed E-state index contributed by atoms with van der Waals surface area (Å²) in [7, 11) is 0. The number of carbonyl (C=O) groups is 1. The molecule has 1 aromatic carbocycles. The van der Waals surface area contributed by atoms with Crippen LogP contribution in [0, 0.1) is 5.82 Å². The topological polar surface area (TPSA) is 17.1 Å². The fraction of sp³-hybridized carbons (Fsp3) is 0.533. The molecule has 0 aromatic heterocycles. The standard InChI is InChI=1S/C15H16BrFO/c1-9-8-12(16)15(7-3-6-13(15)18)10-4-2-5-11(17)14(9)10/h2,4-5,9,12H,3,6-8H2,1H3/t9?,12-,15+/m0/s1. The molecule has 2 aliphatic rings. The van der Waals surface area contributed by atoms with Crippen molar-refractivity contribution in [3.05, 3.63) is 35.1 Å². The summed E-state index contributed by atoms with van der Waals surface area (Å²) in [4.78, 5) is 12.5. The number of fused-ring (bicyclic) bond motifs is 2. The van der Waals surface area contributed by atoms with E-state index in [2.05, 4.69) is 15.9 Å². The summed E-state index contributed by atoms with van der Waals surface area (Å²) in [5.74, 6) is 0.297. The number of hydrogen-bond acceptors (Lipinski definition) is 1. The fourth-order valence-electron chi connectivity index (χ4n) is 3.73. The SMILES string of the molecule is CC1C[C@H](Br)[C@@]2(CCCC2=O)c2cccc(F)c21. The highest BCUT2D eigenvalue weighted by Crippen LogP contribution is 2.53. The van der Waals surface area contributed by atoms with E-state index in [1.54, 1.807) is 6.07 Å². The van der Waals surface area contributed by atoms with Crippen LogP contribution < -0.4 is 0 Å². The largest absolute Gasteiger partial charge is 0.299 e. The molecule has 2 aliphatic carbocycles. The number of halogens is 2. The van der Waals surface area contributed by atoms with Crippen LogP contribution in [0.5, 0.6) is 0 Å². The van der Waals surface area contributed by atoms with Crippen molar-refractivity contribution >= 4 is 21.7 Å². The lowest BCUT2D eigenvalue weighted by Crippen LogP contribution is -2.44. The molecule has 3 atom stereocenters. The summed E-state index contributed by atoms with van der Waals surface area (Å²) >= 11 is 3.70. The molecule has 3 heteroatoms. The van der Waals surface area contributed by atoms with Crippen molar-refractivity contribution in [3.8, 4) is 0 Å². The highest BCUT2D eigenvalue weighted by Gasteiger charge is 2.52. The second-order valence-electron chi connectivity index (χ2n) is 5.55. The highest BCUT2D eigenvalue weighted by molar-refractivity contribution is 9.09. The molecule has 1 fully saturated rings. The Morgan fingerprint density at radius 1 is 1.44 bits per heavy atom. The van der Waals surface area contributed by atoms with Crippen LogP contribution in [0.2, 0.25) is 0 Å². The Morgan fingerprint density at radius 3 is 2.89 bits per heavy atom. The monoisotopic (exact) mass is 310 g/mol. The molecule has 1 aromatic rings. The summed E-state index contributed by atoms with van der Waals surface area (Å²) in [6, 6.07) is 5.20.